The molecule has 1 fully saturated rings. The van der Waals surface area contributed by atoms with E-state index in [9.17, 15) is 18.4 Å². The Morgan fingerprint density at radius 2 is 2.11 bits per heavy atom. The predicted molar refractivity (Wildman–Crippen MR) is 97.4 cm³/mol. The predicted octanol–water partition coefficient (Wildman–Crippen LogP) is 2.11. The molecule has 9 heteroatoms. The fourth-order valence-electron chi connectivity index (χ4n) is 3.32. The molecule has 2 amide bonds. The number of nitrogens with two attached hydrogens (primary N) is 1. The Morgan fingerprint density at radius 3 is 2.78 bits per heavy atom. The Morgan fingerprint density at radius 1 is 1.37 bits per heavy atom. The number of nitrogens with one attached hydrogen (secondary N) is 1. The largest absolute Gasteiger partial charge is 0.398 e. The molecular weight excluding hydrogens is 356 g/mol. The van der Waals surface area contributed by atoms with Crippen molar-refractivity contribution in [2.75, 3.05) is 25.4 Å². The zero-order valence-corrected chi connectivity index (χ0v) is 15.3. The standard InChI is InChI=1S/C18H23F2N5O2/c1-10(17(19)20)5-16(26)24-3-4-25(11(2)8-24)18(27)12-6-14-15(7-13(12)21)23-9-22-14/h6-7,9-11,17H,3-5,8,21H2,1-2H3,(H,22,23)/t10?,11-/m1/s1. The van der Waals surface area contributed by atoms with Crippen molar-refractivity contribution in [3.05, 3.63) is 24.0 Å². The van der Waals surface area contributed by atoms with Gasteiger partial charge in [-0.2, -0.15) is 0 Å². The first-order valence-electron chi connectivity index (χ1n) is 8.87. The van der Waals surface area contributed by atoms with Gasteiger partial charge in [0.25, 0.3) is 5.91 Å². The van der Waals surface area contributed by atoms with E-state index >= 15 is 0 Å². The second-order valence-corrected chi connectivity index (χ2v) is 7.06. The minimum atomic E-state index is -2.52. The van der Waals surface area contributed by atoms with Gasteiger partial charge in [-0.25, -0.2) is 13.8 Å². The van der Waals surface area contributed by atoms with Gasteiger partial charge in [0.05, 0.1) is 22.9 Å². The van der Waals surface area contributed by atoms with Crippen LogP contribution in [0.25, 0.3) is 11.0 Å². The molecule has 0 radical (unpaired) electrons. The first-order chi connectivity index (χ1) is 12.8. The molecule has 7 nitrogen and oxygen atoms in total. The smallest absolute Gasteiger partial charge is 0.256 e. The Balaban J connectivity index is 1.69. The van der Waals surface area contributed by atoms with E-state index < -0.39 is 12.3 Å². The average Bonchev–Trinajstić information content (AvgIpc) is 3.07. The normalized spacial score (nSPS) is 18.9. The van der Waals surface area contributed by atoms with Gasteiger partial charge in [0.15, 0.2) is 0 Å². The van der Waals surface area contributed by atoms with Crippen molar-refractivity contribution in [3.63, 3.8) is 0 Å². The SMILES string of the molecule is CC(CC(=O)N1CCN(C(=O)c2cc3[nH]cnc3cc2N)[C@H](C)C1)C(F)F. The first kappa shape index (κ1) is 19.1. The Hall–Kier alpha value is -2.71. The number of nitrogen functional groups attached to an aromatic ring is 1. The highest BCUT2D eigenvalue weighted by molar-refractivity contribution is 6.03. The molecule has 0 saturated carbocycles. The number of halogens is 2. The third kappa shape index (κ3) is 3.86. The van der Waals surface area contributed by atoms with Crippen LogP contribution in [0, 0.1) is 5.92 Å². The number of imidazole rings is 1. The van der Waals surface area contributed by atoms with Crippen molar-refractivity contribution in [3.8, 4) is 0 Å². The molecule has 0 spiro atoms. The van der Waals surface area contributed by atoms with E-state index in [4.69, 9.17) is 5.73 Å². The summed E-state index contributed by atoms with van der Waals surface area (Å²) in [4.78, 5) is 35.5. The molecule has 27 heavy (non-hydrogen) atoms. The van der Waals surface area contributed by atoms with Gasteiger partial charge in [0.2, 0.25) is 12.3 Å². The second kappa shape index (κ2) is 7.50. The molecule has 0 bridgehead atoms. The number of anilines is 1. The van der Waals surface area contributed by atoms with Crippen LogP contribution in [-0.2, 0) is 4.79 Å². The molecule has 2 heterocycles. The van der Waals surface area contributed by atoms with Crippen LogP contribution in [0.15, 0.2) is 18.5 Å². The van der Waals surface area contributed by atoms with Crippen molar-refractivity contribution in [2.24, 2.45) is 5.92 Å². The van der Waals surface area contributed by atoms with E-state index in [1.165, 1.54) is 13.3 Å². The van der Waals surface area contributed by atoms with E-state index in [1.807, 2.05) is 6.92 Å². The minimum Gasteiger partial charge on any atom is -0.398 e. The van der Waals surface area contributed by atoms with Crippen molar-refractivity contribution in [1.29, 1.82) is 0 Å². The van der Waals surface area contributed by atoms with Crippen LogP contribution < -0.4 is 5.73 Å². The van der Waals surface area contributed by atoms with Crippen molar-refractivity contribution < 1.29 is 18.4 Å². The lowest BCUT2D eigenvalue weighted by atomic mass is 10.1. The molecule has 0 aliphatic carbocycles. The van der Waals surface area contributed by atoms with E-state index in [-0.39, 0.29) is 24.3 Å². The number of aromatic nitrogens is 2. The fourth-order valence-corrected chi connectivity index (χ4v) is 3.32. The maximum absolute atomic E-state index is 12.9. The summed E-state index contributed by atoms with van der Waals surface area (Å²) in [6, 6.07) is 3.08. The van der Waals surface area contributed by atoms with E-state index in [2.05, 4.69) is 9.97 Å². The van der Waals surface area contributed by atoms with Crippen LogP contribution in [0.2, 0.25) is 0 Å². The molecule has 1 aliphatic rings. The van der Waals surface area contributed by atoms with Crippen molar-refractivity contribution >= 4 is 28.5 Å². The average molecular weight is 379 g/mol. The zero-order chi connectivity index (χ0) is 19.7. The first-order valence-corrected chi connectivity index (χ1v) is 8.87. The lowest BCUT2D eigenvalue weighted by Gasteiger charge is -2.40. The molecule has 3 N–H and O–H groups in total. The topological polar surface area (TPSA) is 95.3 Å². The highest BCUT2D eigenvalue weighted by Gasteiger charge is 2.32. The van der Waals surface area contributed by atoms with Gasteiger partial charge in [0.1, 0.15) is 0 Å². The summed E-state index contributed by atoms with van der Waals surface area (Å²) in [5.74, 6) is -1.50. The number of amides is 2. The number of hydrogen-bond donors (Lipinski definition) is 2. The zero-order valence-electron chi connectivity index (χ0n) is 15.3. The number of carbonyl (C=O) groups is 2. The van der Waals surface area contributed by atoms with Gasteiger partial charge in [-0.05, 0) is 19.1 Å². The summed E-state index contributed by atoms with van der Waals surface area (Å²) in [7, 11) is 0. The highest BCUT2D eigenvalue weighted by Crippen LogP contribution is 2.23. The molecular formula is C18H23F2N5O2. The number of fused-ring (bicyclic) bond motifs is 1. The summed E-state index contributed by atoms with van der Waals surface area (Å²) in [5, 5.41) is 0. The van der Waals surface area contributed by atoms with Crippen molar-refractivity contribution in [2.45, 2.75) is 32.7 Å². The Labute approximate surface area is 155 Å². The fraction of sp³-hybridized carbons (Fsp3) is 0.500. The molecule has 1 saturated heterocycles. The molecule has 3 rings (SSSR count). The van der Waals surface area contributed by atoms with Crippen LogP contribution in [0.3, 0.4) is 0 Å². The van der Waals surface area contributed by atoms with E-state index in [0.29, 0.717) is 36.4 Å². The maximum atomic E-state index is 12.9. The van der Waals surface area contributed by atoms with E-state index in [1.54, 1.807) is 21.9 Å². The Kier molecular flexibility index (Phi) is 5.29. The maximum Gasteiger partial charge on any atom is 0.256 e. The number of benzene rings is 1. The third-order valence-electron chi connectivity index (χ3n) is 4.99. The van der Waals surface area contributed by atoms with Gasteiger partial charge in [-0.3, -0.25) is 9.59 Å². The van der Waals surface area contributed by atoms with E-state index in [0.717, 1.165) is 5.52 Å². The molecule has 2 aromatic rings. The monoisotopic (exact) mass is 379 g/mol. The van der Waals surface area contributed by atoms with Crippen LogP contribution in [0.1, 0.15) is 30.6 Å². The van der Waals surface area contributed by atoms with Crippen LogP contribution in [0.4, 0.5) is 14.5 Å². The van der Waals surface area contributed by atoms with Crippen LogP contribution in [0.5, 0.6) is 0 Å². The minimum absolute atomic E-state index is 0.193. The Bertz CT molecular complexity index is 853. The quantitative estimate of drug-likeness (QED) is 0.796. The highest BCUT2D eigenvalue weighted by atomic mass is 19.3. The van der Waals surface area contributed by atoms with Crippen molar-refractivity contribution in [1.82, 2.24) is 19.8 Å². The van der Waals surface area contributed by atoms with Gasteiger partial charge in [-0.15, -0.1) is 0 Å². The molecule has 2 atom stereocenters. The molecule has 1 aliphatic heterocycles. The lowest BCUT2D eigenvalue weighted by Crippen LogP contribution is -2.55. The van der Waals surface area contributed by atoms with Gasteiger partial charge < -0.3 is 20.5 Å². The number of rotatable bonds is 4. The molecule has 1 aromatic heterocycles. The number of carbonyl (C=O) groups excluding carboxylic acids is 2. The molecule has 146 valence electrons. The summed E-state index contributed by atoms with van der Waals surface area (Å²) in [6.07, 6.45) is -1.18. The third-order valence-corrected chi connectivity index (χ3v) is 4.99. The lowest BCUT2D eigenvalue weighted by molar-refractivity contribution is -0.135. The van der Waals surface area contributed by atoms with Crippen LogP contribution in [-0.4, -0.2) is 63.7 Å². The number of aromatic amines is 1. The van der Waals surface area contributed by atoms with Gasteiger partial charge >= 0.3 is 0 Å². The summed E-state index contributed by atoms with van der Waals surface area (Å²) in [5.41, 5.74) is 8.14. The number of H-pyrrole nitrogens is 1. The summed E-state index contributed by atoms with van der Waals surface area (Å²) < 4.78 is 25.3. The number of hydrogen-bond acceptors (Lipinski definition) is 4. The number of alkyl halides is 2. The summed E-state index contributed by atoms with van der Waals surface area (Å²) >= 11 is 0. The molecule has 1 aromatic carbocycles. The van der Waals surface area contributed by atoms with Gasteiger partial charge in [-0.1, -0.05) is 6.92 Å². The van der Waals surface area contributed by atoms with Crippen LogP contribution >= 0.6 is 0 Å². The number of piperazine rings is 1. The molecule has 1 unspecified atom stereocenters. The summed E-state index contributed by atoms with van der Waals surface area (Å²) in [6.45, 7) is 4.15. The van der Waals surface area contributed by atoms with Gasteiger partial charge in [0, 0.05) is 43.7 Å². The number of nitrogens with zero attached hydrogens (tertiary/aromatic N) is 3. The second-order valence-electron chi connectivity index (χ2n) is 7.06.